The molecular weight excluding hydrogens is 308 g/mol. The van der Waals surface area contributed by atoms with Gasteiger partial charge in [-0.05, 0) is 0 Å². The predicted octanol–water partition coefficient (Wildman–Crippen LogP) is -2.06. The van der Waals surface area contributed by atoms with Gasteiger partial charge in [0.1, 0.15) is 24.1 Å². The molecule has 1 fully saturated rings. The van der Waals surface area contributed by atoms with Gasteiger partial charge in [0.05, 0.1) is 6.33 Å². The minimum atomic E-state index is -1.37. The van der Waals surface area contributed by atoms with Gasteiger partial charge in [-0.3, -0.25) is 14.3 Å². The maximum Gasteiger partial charge on any atom is 0.280 e. The van der Waals surface area contributed by atoms with Crippen molar-refractivity contribution < 1.29 is 20.1 Å². The van der Waals surface area contributed by atoms with Gasteiger partial charge in [-0.2, -0.15) is 4.98 Å². The van der Waals surface area contributed by atoms with Crippen LogP contribution in [0.25, 0.3) is 11.2 Å². The van der Waals surface area contributed by atoms with Gasteiger partial charge in [-0.25, -0.2) is 4.98 Å². The van der Waals surface area contributed by atoms with Gasteiger partial charge in [0.25, 0.3) is 5.56 Å². The van der Waals surface area contributed by atoms with Gasteiger partial charge in [-0.1, -0.05) is 0 Å². The van der Waals surface area contributed by atoms with Gasteiger partial charge in [0.15, 0.2) is 17.4 Å². The zero-order valence-electron chi connectivity index (χ0n) is 12.0. The summed E-state index contributed by atoms with van der Waals surface area (Å²) in [5.74, 6) is -0.400. The molecule has 1 saturated heterocycles. The van der Waals surface area contributed by atoms with Crippen molar-refractivity contribution in [3.63, 3.8) is 0 Å². The van der Waals surface area contributed by atoms with Crippen LogP contribution in [-0.4, -0.2) is 60.2 Å². The smallest absolute Gasteiger partial charge is 0.280 e. The molecule has 2 aromatic heterocycles. The van der Waals surface area contributed by atoms with Crippen molar-refractivity contribution >= 4 is 17.1 Å². The van der Waals surface area contributed by atoms with Crippen LogP contribution in [0.5, 0.6) is 0 Å². The Labute approximate surface area is 129 Å². The van der Waals surface area contributed by atoms with E-state index in [9.17, 15) is 20.1 Å². The molecule has 1 aliphatic heterocycles. The molecule has 0 unspecified atom stereocenters. The molecule has 0 bridgehead atoms. The van der Waals surface area contributed by atoms with Crippen molar-refractivity contribution in [3.8, 4) is 0 Å². The van der Waals surface area contributed by atoms with E-state index in [4.69, 9.17) is 10.5 Å². The Bertz CT molecular complexity index is 814. The normalized spacial score (nSPS) is 28.4. The van der Waals surface area contributed by atoms with E-state index >= 15 is 0 Å². The van der Waals surface area contributed by atoms with Gasteiger partial charge in [0.2, 0.25) is 5.95 Å². The van der Waals surface area contributed by atoms with Crippen LogP contribution in [0.4, 0.5) is 5.95 Å². The fourth-order valence-corrected chi connectivity index (χ4v) is 2.49. The highest BCUT2D eigenvalue weighted by Crippen LogP contribution is 2.33. The second-order valence-corrected chi connectivity index (χ2v) is 5.06. The fourth-order valence-electron chi connectivity index (χ4n) is 2.49. The van der Waals surface area contributed by atoms with Crippen molar-refractivity contribution in [1.82, 2.24) is 24.8 Å². The quantitative estimate of drug-likeness (QED) is 0.347. The topological polar surface area (TPSA) is 172 Å². The lowest BCUT2D eigenvalue weighted by Gasteiger charge is -2.16. The van der Waals surface area contributed by atoms with Crippen LogP contribution in [0.3, 0.4) is 0 Å². The minimum Gasteiger partial charge on any atom is -0.508 e. The van der Waals surface area contributed by atoms with Crippen LogP contribution in [0.1, 0.15) is 6.23 Å². The number of nitrogens with one attached hydrogen (secondary N) is 2. The SMILES string of the molecule is CNC=C(O)[C@H]1O[C@@H](n2cnc3c(=O)[nH]c(N)nc32)[C@H](O)[C@@H]1O. The molecule has 0 spiro atoms. The van der Waals surface area contributed by atoms with Gasteiger partial charge < -0.3 is 31.1 Å². The van der Waals surface area contributed by atoms with Crippen molar-refractivity contribution in [3.05, 3.63) is 28.6 Å². The van der Waals surface area contributed by atoms with Crippen molar-refractivity contribution in [2.75, 3.05) is 12.8 Å². The summed E-state index contributed by atoms with van der Waals surface area (Å²) < 4.78 is 6.78. The number of fused-ring (bicyclic) bond motifs is 1. The molecule has 11 nitrogen and oxygen atoms in total. The summed E-state index contributed by atoms with van der Waals surface area (Å²) >= 11 is 0. The molecule has 124 valence electrons. The summed E-state index contributed by atoms with van der Waals surface area (Å²) in [7, 11) is 1.56. The summed E-state index contributed by atoms with van der Waals surface area (Å²) in [5, 5.41) is 32.7. The lowest BCUT2D eigenvalue weighted by Crippen LogP contribution is -2.32. The summed E-state index contributed by atoms with van der Waals surface area (Å²) in [6.45, 7) is 0. The maximum absolute atomic E-state index is 11.8. The van der Waals surface area contributed by atoms with Crippen LogP contribution < -0.4 is 16.6 Å². The van der Waals surface area contributed by atoms with E-state index in [0.29, 0.717) is 0 Å². The largest absolute Gasteiger partial charge is 0.508 e. The molecule has 0 aromatic carbocycles. The number of hydrogen-bond donors (Lipinski definition) is 6. The number of anilines is 1. The third-order valence-corrected chi connectivity index (χ3v) is 3.55. The molecule has 2 aromatic rings. The van der Waals surface area contributed by atoms with E-state index in [2.05, 4.69) is 20.3 Å². The number of aromatic nitrogens is 4. The third kappa shape index (κ3) is 2.40. The van der Waals surface area contributed by atoms with Gasteiger partial charge >= 0.3 is 0 Å². The number of ether oxygens (including phenoxy) is 1. The molecule has 0 aliphatic carbocycles. The molecule has 1 aliphatic rings. The maximum atomic E-state index is 11.8. The van der Waals surface area contributed by atoms with Crippen LogP contribution in [0, 0.1) is 0 Å². The second kappa shape index (κ2) is 5.53. The predicted molar refractivity (Wildman–Crippen MR) is 78.3 cm³/mol. The fraction of sp³-hybridized carbons (Fsp3) is 0.417. The summed E-state index contributed by atoms with van der Waals surface area (Å²) in [6, 6.07) is 0. The Morgan fingerprint density at radius 1 is 1.52 bits per heavy atom. The molecule has 3 heterocycles. The highest BCUT2D eigenvalue weighted by Gasteiger charge is 2.46. The average Bonchev–Trinajstić information content (AvgIpc) is 3.02. The monoisotopic (exact) mass is 324 g/mol. The molecular formula is C12H16N6O5. The van der Waals surface area contributed by atoms with E-state index in [1.54, 1.807) is 7.05 Å². The first-order chi connectivity index (χ1) is 10.9. The van der Waals surface area contributed by atoms with E-state index < -0.39 is 30.1 Å². The van der Waals surface area contributed by atoms with Crippen LogP contribution >= 0.6 is 0 Å². The number of aliphatic hydroxyl groups is 3. The molecule has 0 amide bonds. The first kappa shape index (κ1) is 15.3. The van der Waals surface area contributed by atoms with Crippen LogP contribution in [0.2, 0.25) is 0 Å². The molecule has 3 rings (SSSR count). The number of nitrogens with zero attached hydrogens (tertiary/aromatic N) is 3. The molecule has 4 atom stereocenters. The molecule has 11 heteroatoms. The van der Waals surface area contributed by atoms with Gasteiger partial charge in [0, 0.05) is 13.2 Å². The molecule has 0 saturated carbocycles. The number of rotatable bonds is 3. The zero-order chi connectivity index (χ0) is 16.7. The van der Waals surface area contributed by atoms with Crippen LogP contribution in [-0.2, 0) is 4.74 Å². The number of hydrogen-bond acceptors (Lipinski definition) is 9. The first-order valence-corrected chi connectivity index (χ1v) is 6.74. The molecule has 0 radical (unpaired) electrons. The Kier molecular flexibility index (Phi) is 3.67. The van der Waals surface area contributed by atoms with Crippen LogP contribution in [0.15, 0.2) is 23.1 Å². The highest BCUT2D eigenvalue weighted by molar-refractivity contribution is 5.70. The van der Waals surface area contributed by atoms with Crippen molar-refractivity contribution in [1.29, 1.82) is 0 Å². The lowest BCUT2D eigenvalue weighted by molar-refractivity contribution is -0.0342. The Hall–Kier alpha value is -2.63. The van der Waals surface area contributed by atoms with Crippen molar-refractivity contribution in [2.24, 2.45) is 0 Å². The number of H-pyrrole nitrogens is 1. The zero-order valence-corrected chi connectivity index (χ0v) is 12.0. The Morgan fingerprint density at radius 2 is 2.26 bits per heavy atom. The lowest BCUT2D eigenvalue weighted by atomic mass is 10.1. The van der Waals surface area contributed by atoms with E-state index in [0.717, 1.165) is 0 Å². The van der Waals surface area contributed by atoms with Crippen molar-refractivity contribution in [2.45, 2.75) is 24.5 Å². The average molecular weight is 324 g/mol. The number of aromatic amines is 1. The number of nitrogens with two attached hydrogens (primary N) is 1. The number of imidazole rings is 1. The Morgan fingerprint density at radius 3 is 2.96 bits per heavy atom. The summed E-state index contributed by atoms with van der Waals surface area (Å²) in [6.07, 6.45) is -2.50. The van der Waals surface area contributed by atoms with Gasteiger partial charge in [-0.15, -0.1) is 0 Å². The van der Waals surface area contributed by atoms with E-state index in [-0.39, 0.29) is 22.9 Å². The Balaban J connectivity index is 2.03. The van der Waals surface area contributed by atoms with E-state index in [1.165, 1.54) is 17.1 Å². The van der Waals surface area contributed by atoms with E-state index in [1.807, 2.05) is 0 Å². The third-order valence-electron chi connectivity index (χ3n) is 3.55. The minimum absolute atomic E-state index is 0.0166. The molecule has 23 heavy (non-hydrogen) atoms. The first-order valence-electron chi connectivity index (χ1n) is 6.74. The summed E-state index contributed by atoms with van der Waals surface area (Å²) in [5.41, 5.74) is 5.09. The molecule has 7 N–H and O–H groups in total. The second-order valence-electron chi connectivity index (χ2n) is 5.06. The number of aliphatic hydroxyl groups excluding tert-OH is 3. The number of nitrogen functional groups attached to an aromatic ring is 1. The highest BCUT2D eigenvalue weighted by atomic mass is 16.6. The standard InChI is InChI=1S/C12H16N6O5/c1-14-2-4(19)8-6(20)7(21)11(23-8)18-3-15-5-9(18)16-12(13)17-10(5)22/h2-3,6-8,11,14,19-21H,1H3,(H3,13,16,17,22)/t6-,7+,8+,11+/m0/s1. The summed E-state index contributed by atoms with van der Waals surface area (Å²) in [4.78, 5) is 22.0.